The zero-order chi connectivity index (χ0) is 12.2. The molecule has 0 aliphatic rings. The second-order valence-corrected chi connectivity index (χ2v) is 7.67. The summed E-state index contributed by atoms with van der Waals surface area (Å²) in [6.45, 7) is 2.41. The lowest BCUT2D eigenvalue weighted by atomic mass is 10.3. The molecule has 1 aromatic rings. The van der Waals surface area contributed by atoms with Gasteiger partial charge in [0.1, 0.15) is 0 Å². The van der Waals surface area contributed by atoms with Gasteiger partial charge in [0.2, 0.25) is 10.0 Å². The smallest absolute Gasteiger partial charge is 0.211 e. The molecule has 0 aliphatic carbocycles. The third-order valence-electron chi connectivity index (χ3n) is 1.94. The van der Waals surface area contributed by atoms with Crippen molar-refractivity contribution in [2.45, 2.75) is 23.1 Å². The zero-order valence-corrected chi connectivity index (χ0v) is 12.8. The summed E-state index contributed by atoms with van der Waals surface area (Å²) in [7, 11) is -3.38. The molecule has 0 aromatic heterocycles. The third kappa shape index (κ3) is 4.53. The Morgan fingerprint density at radius 2 is 2.12 bits per heavy atom. The van der Waals surface area contributed by atoms with Gasteiger partial charge in [0.05, 0.1) is 4.90 Å². The van der Waals surface area contributed by atoms with E-state index < -0.39 is 10.0 Å². The van der Waals surface area contributed by atoms with E-state index in [1.807, 2.05) is 6.92 Å². The highest BCUT2D eigenvalue weighted by atomic mass is 79.9. The maximum absolute atomic E-state index is 11.8. The minimum Gasteiger partial charge on any atom is -0.211 e. The summed E-state index contributed by atoms with van der Waals surface area (Å²) in [5, 5.41) is 0. The number of halogens is 2. The van der Waals surface area contributed by atoms with Crippen molar-refractivity contribution in [3.05, 3.63) is 28.7 Å². The Morgan fingerprint density at radius 3 is 2.69 bits per heavy atom. The Bertz CT molecular complexity index is 446. The van der Waals surface area contributed by atoms with Crippen LogP contribution in [-0.2, 0) is 10.0 Å². The summed E-state index contributed by atoms with van der Waals surface area (Å²) in [5.41, 5.74) is 0. The van der Waals surface area contributed by atoms with Crippen molar-refractivity contribution < 1.29 is 8.42 Å². The fourth-order valence-electron chi connectivity index (χ4n) is 1.11. The summed E-state index contributed by atoms with van der Waals surface area (Å²) < 4.78 is 26.9. The molecule has 1 N–H and O–H groups in total. The molecule has 0 saturated heterocycles. The van der Waals surface area contributed by atoms with E-state index in [9.17, 15) is 8.42 Å². The van der Waals surface area contributed by atoms with Crippen LogP contribution in [-0.4, -0.2) is 19.8 Å². The van der Waals surface area contributed by atoms with Gasteiger partial charge >= 0.3 is 0 Å². The van der Waals surface area contributed by atoms with E-state index in [-0.39, 0.29) is 4.90 Å². The van der Waals surface area contributed by atoms with Crippen LogP contribution >= 0.6 is 31.9 Å². The quantitative estimate of drug-likeness (QED) is 0.810. The molecule has 3 nitrogen and oxygen atoms in total. The Morgan fingerprint density at radius 1 is 1.44 bits per heavy atom. The average Bonchev–Trinajstić information content (AvgIpc) is 2.16. The maximum Gasteiger partial charge on any atom is 0.240 e. The number of rotatable bonds is 5. The van der Waals surface area contributed by atoms with Crippen LogP contribution in [0, 0.1) is 0 Å². The van der Waals surface area contributed by atoms with Crippen LogP contribution in [0.15, 0.2) is 33.6 Å². The summed E-state index contributed by atoms with van der Waals surface area (Å²) in [6, 6.07) is 6.65. The first kappa shape index (κ1) is 14.2. The maximum atomic E-state index is 11.8. The van der Waals surface area contributed by atoms with Gasteiger partial charge in [-0.15, -0.1) is 0 Å². The van der Waals surface area contributed by atoms with Crippen LogP contribution in [0.1, 0.15) is 13.3 Å². The predicted octanol–water partition coefficient (Wildman–Crippen LogP) is 2.90. The summed E-state index contributed by atoms with van der Waals surface area (Å²) >= 11 is 6.61. The van der Waals surface area contributed by atoms with Crippen molar-refractivity contribution in [2.24, 2.45) is 0 Å². The number of hydrogen-bond donors (Lipinski definition) is 1. The molecule has 0 heterocycles. The van der Waals surface area contributed by atoms with Gasteiger partial charge in [0.25, 0.3) is 0 Å². The highest BCUT2D eigenvalue weighted by molar-refractivity contribution is 9.10. The van der Waals surface area contributed by atoms with Gasteiger partial charge < -0.3 is 0 Å². The Kier molecular flexibility index (Phi) is 5.43. The van der Waals surface area contributed by atoms with E-state index in [1.54, 1.807) is 24.3 Å². The fraction of sp³-hybridized carbons (Fsp3) is 0.400. The van der Waals surface area contributed by atoms with Gasteiger partial charge in [-0.05, 0) is 24.6 Å². The van der Waals surface area contributed by atoms with Gasteiger partial charge in [-0.1, -0.05) is 44.8 Å². The Hall–Kier alpha value is 0.0900. The molecular weight excluding hydrogens is 358 g/mol. The lowest BCUT2D eigenvalue weighted by Gasteiger charge is -2.07. The van der Waals surface area contributed by atoms with E-state index in [0.29, 0.717) is 11.4 Å². The molecular formula is C10H13Br2NO2S. The number of benzene rings is 1. The Labute approximate surface area is 113 Å². The molecule has 0 amide bonds. The monoisotopic (exact) mass is 369 g/mol. The lowest BCUT2D eigenvalue weighted by Crippen LogP contribution is -2.25. The van der Waals surface area contributed by atoms with Gasteiger partial charge in [0.15, 0.2) is 0 Å². The summed E-state index contributed by atoms with van der Waals surface area (Å²) in [6.07, 6.45) is 0.757. The minimum absolute atomic E-state index is 0.282. The van der Waals surface area contributed by atoms with Crippen molar-refractivity contribution in [1.29, 1.82) is 0 Å². The second-order valence-electron chi connectivity index (χ2n) is 3.42. The molecule has 0 aliphatic heterocycles. The minimum atomic E-state index is -3.38. The molecule has 6 heteroatoms. The number of alkyl halides is 1. The van der Waals surface area contributed by atoms with E-state index in [0.717, 1.165) is 10.9 Å². The third-order valence-corrected chi connectivity index (χ3v) is 4.35. The number of hydrogen-bond acceptors (Lipinski definition) is 2. The van der Waals surface area contributed by atoms with E-state index in [1.165, 1.54) is 0 Å². The Balaban J connectivity index is 2.71. The van der Waals surface area contributed by atoms with Gasteiger partial charge in [0, 0.05) is 15.8 Å². The second kappa shape index (κ2) is 6.14. The molecule has 1 aromatic carbocycles. The first-order chi connectivity index (χ1) is 7.42. The van der Waals surface area contributed by atoms with Crippen molar-refractivity contribution >= 4 is 41.9 Å². The van der Waals surface area contributed by atoms with Crippen LogP contribution in [0.2, 0.25) is 0 Å². The molecule has 16 heavy (non-hydrogen) atoms. The van der Waals surface area contributed by atoms with Crippen LogP contribution < -0.4 is 4.72 Å². The number of nitrogens with one attached hydrogen (secondary N) is 1. The average molecular weight is 371 g/mol. The normalized spacial score (nSPS) is 13.7. The molecule has 0 bridgehead atoms. The molecule has 1 rings (SSSR count). The van der Waals surface area contributed by atoms with Gasteiger partial charge in [-0.25, -0.2) is 13.1 Å². The first-order valence-corrected chi connectivity index (χ1v) is 8.00. The van der Waals surface area contributed by atoms with Crippen LogP contribution in [0.3, 0.4) is 0 Å². The topological polar surface area (TPSA) is 46.2 Å². The van der Waals surface area contributed by atoms with Crippen molar-refractivity contribution in [2.75, 3.05) is 6.54 Å². The standard InChI is InChI=1S/C10H13Br2NO2S/c1-8(11)5-6-13-16(14,15)10-4-2-3-9(12)7-10/h2-4,7-8,13H,5-6H2,1H3. The molecule has 1 unspecified atom stereocenters. The van der Waals surface area contributed by atoms with Crippen LogP contribution in [0.25, 0.3) is 0 Å². The largest absolute Gasteiger partial charge is 0.240 e. The van der Waals surface area contributed by atoms with Crippen molar-refractivity contribution in [3.8, 4) is 0 Å². The number of sulfonamides is 1. The molecule has 0 fully saturated rings. The van der Waals surface area contributed by atoms with E-state index in [4.69, 9.17) is 0 Å². The molecule has 0 spiro atoms. The fourth-order valence-corrected chi connectivity index (χ4v) is 2.98. The lowest BCUT2D eigenvalue weighted by molar-refractivity contribution is 0.579. The van der Waals surface area contributed by atoms with Gasteiger partial charge in [-0.2, -0.15) is 0 Å². The zero-order valence-electron chi connectivity index (χ0n) is 8.78. The van der Waals surface area contributed by atoms with Crippen molar-refractivity contribution in [3.63, 3.8) is 0 Å². The molecule has 0 saturated carbocycles. The summed E-state index contributed by atoms with van der Waals surface area (Å²) in [5.74, 6) is 0. The van der Waals surface area contributed by atoms with Crippen LogP contribution in [0.5, 0.6) is 0 Å². The first-order valence-electron chi connectivity index (χ1n) is 4.81. The van der Waals surface area contributed by atoms with E-state index >= 15 is 0 Å². The van der Waals surface area contributed by atoms with Crippen molar-refractivity contribution in [1.82, 2.24) is 4.72 Å². The summed E-state index contributed by atoms with van der Waals surface area (Å²) in [4.78, 5) is 0.585. The highest BCUT2D eigenvalue weighted by Gasteiger charge is 2.13. The van der Waals surface area contributed by atoms with Gasteiger partial charge in [-0.3, -0.25) is 0 Å². The highest BCUT2D eigenvalue weighted by Crippen LogP contribution is 2.15. The van der Waals surface area contributed by atoms with E-state index in [2.05, 4.69) is 36.6 Å². The SMILES string of the molecule is CC(Br)CCNS(=O)(=O)c1cccc(Br)c1. The molecule has 0 radical (unpaired) electrons. The molecule has 90 valence electrons. The van der Waals surface area contributed by atoms with Crippen LogP contribution in [0.4, 0.5) is 0 Å². The predicted molar refractivity (Wildman–Crippen MR) is 72.3 cm³/mol. The molecule has 1 atom stereocenters.